The van der Waals surface area contributed by atoms with Crippen LogP contribution in [0.1, 0.15) is 11.3 Å². The number of carbonyl (C=O) groups is 1. The van der Waals surface area contributed by atoms with Crippen LogP contribution >= 0.6 is 11.3 Å². The molecule has 0 aliphatic carbocycles. The molecule has 1 saturated heterocycles. The number of imidazole rings is 1. The van der Waals surface area contributed by atoms with E-state index in [4.69, 9.17) is 4.98 Å². The second-order valence-electron chi connectivity index (χ2n) is 7.89. The molecule has 0 N–H and O–H groups in total. The third-order valence-corrected chi connectivity index (χ3v) is 6.68. The number of anilines is 1. The number of amides is 1. The molecule has 4 aromatic rings. The summed E-state index contributed by atoms with van der Waals surface area (Å²) in [4.78, 5) is 22.7. The number of nitrogens with zero attached hydrogens (tertiary/aromatic N) is 4. The first-order valence-electron chi connectivity index (χ1n) is 10.4. The maximum atomic E-state index is 13.2. The molecule has 0 unspecified atom stereocenters. The summed E-state index contributed by atoms with van der Waals surface area (Å²) >= 11 is 1.56. The van der Waals surface area contributed by atoms with Gasteiger partial charge in [-0.15, -0.1) is 11.3 Å². The fourth-order valence-corrected chi connectivity index (χ4v) is 4.83. The predicted molar refractivity (Wildman–Crippen MR) is 122 cm³/mol. The van der Waals surface area contributed by atoms with Crippen LogP contribution in [0.5, 0.6) is 0 Å². The Hall–Kier alpha value is -3.19. The van der Waals surface area contributed by atoms with Gasteiger partial charge >= 0.3 is 0 Å². The van der Waals surface area contributed by atoms with Crippen molar-refractivity contribution in [1.29, 1.82) is 0 Å². The standard InChI is InChI=1S/C24H23FN4OS/c1-17-2-4-18(5-3-17)22-15-29-21(16-31-24(29)26-22)14-23(30)28-12-10-27(11-13-28)20-8-6-19(25)7-9-20/h2-9,15-16H,10-14H2,1H3. The number of aromatic nitrogens is 2. The Labute approximate surface area is 184 Å². The molecule has 1 aliphatic rings. The number of carbonyl (C=O) groups excluding carboxylic acids is 1. The zero-order valence-electron chi connectivity index (χ0n) is 17.3. The van der Waals surface area contributed by atoms with Crippen LogP contribution in [0, 0.1) is 12.7 Å². The molecule has 0 radical (unpaired) electrons. The molecule has 158 valence electrons. The fraction of sp³-hybridized carbons (Fsp3) is 0.250. The summed E-state index contributed by atoms with van der Waals surface area (Å²) < 4.78 is 15.2. The summed E-state index contributed by atoms with van der Waals surface area (Å²) in [6.45, 7) is 4.90. The van der Waals surface area contributed by atoms with Crippen LogP contribution in [0.3, 0.4) is 0 Å². The molecule has 5 rings (SSSR count). The second-order valence-corrected chi connectivity index (χ2v) is 8.73. The molecule has 2 aromatic heterocycles. The van der Waals surface area contributed by atoms with Gasteiger partial charge in [0.25, 0.3) is 0 Å². The summed E-state index contributed by atoms with van der Waals surface area (Å²) in [5.41, 5.74) is 5.19. The van der Waals surface area contributed by atoms with Crippen molar-refractivity contribution in [2.45, 2.75) is 13.3 Å². The summed E-state index contributed by atoms with van der Waals surface area (Å²) in [6.07, 6.45) is 2.38. The van der Waals surface area contributed by atoms with E-state index < -0.39 is 0 Å². The lowest BCUT2D eigenvalue weighted by Crippen LogP contribution is -2.49. The van der Waals surface area contributed by atoms with Crippen LogP contribution in [0.2, 0.25) is 0 Å². The lowest BCUT2D eigenvalue weighted by atomic mass is 10.1. The smallest absolute Gasteiger partial charge is 0.228 e. The molecule has 0 spiro atoms. The maximum Gasteiger partial charge on any atom is 0.228 e. The molecule has 2 aromatic carbocycles. The number of halogens is 1. The lowest BCUT2D eigenvalue weighted by molar-refractivity contribution is -0.130. The molecular formula is C24H23FN4OS. The van der Waals surface area contributed by atoms with Gasteiger partial charge in [-0.1, -0.05) is 29.8 Å². The van der Waals surface area contributed by atoms with E-state index in [0.29, 0.717) is 19.5 Å². The van der Waals surface area contributed by atoms with Gasteiger partial charge in [0.15, 0.2) is 4.96 Å². The minimum absolute atomic E-state index is 0.129. The number of rotatable bonds is 4. The van der Waals surface area contributed by atoms with Gasteiger partial charge in [0, 0.05) is 54.7 Å². The molecule has 0 saturated carbocycles. The summed E-state index contributed by atoms with van der Waals surface area (Å²) in [6, 6.07) is 14.9. The lowest BCUT2D eigenvalue weighted by Gasteiger charge is -2.36. The third-order valence-electron chi connectivity index (χ3n) is 5.79. The van der Waals surface area contributed by atoms with Crippen molar-refractivity contribution in [1.82, 2.24) is 14.3 Å². The number of fused-ring (bicyclic) bond motifs is 1. The van der Waals surface area contributed by atoms with E-state index in [1.165, 1.54) is 17.7 Å². The van der Waals surface area contributed by atoms with E-state index in [2.05, 4.69) is 36.1 Å². The average Bonchev–Trinajstić information content (AvgIpc) is 3.37. The predicted octanol–water partition coefficient (Wildman–Crippen LogP) is 4.40. The molecule has 1 fully saturated rings. The molecule has 0 atom stereocenters. The van der Waals surface area contributed by atoms with Crippen molar-refractivity contribution in [2.24, 2.45) is 0 Å². The van der Waals surface area contributed by atoms with Crippen molar-refractivity contribution >= 4 is 27.9 Å². The zero-order chi connectivity index (χ0) is 21.4. The molecule has 1 amide bonds. The van der Waals surface area contributed by atoms with Gasteiger partial charge in [-0.3, -0.25) is 9.20 Å². The first-order valence-corrected chi connectivity index (χ1v) is 11.3. The van der Waals surface area contributed by atoms with Gasteiger partial charge < -0.3 is 9.80 Å². The minimum atomic E-state index is -0.232. The first kappa shape index (κ1) is 19.8. The Bertz CT molecular complexity index is 1200. The van der Waals surface area contributed by atoms with Crippen molar-refractivity contribution in [2.75, 3.05) is 31.1 Å². The number of thiazole rings is 1. The van der Waals surface area contributed by atoms with E-state index in [0.717, 1.165) is 40.7 Å². The van der Waals surface area contributed by atoms with Crippen molar-refractivity contribution in [3.05, 3.63) is 77.2 Å². The highest BCUT2D eigenvalue weighted by Gasteiger charge is 2.22. The van der Waals surface area contributed by atoms with Crippen LogP contribution in [-0.2, 0) is 11.2 Å². The number of hydrogen-bond donors (Lipinski definition) is 0. The Balaban J connectivity index is 1.25. The number of aryl methyl sites for hydroxylation is 1. The summed E-state index contributed by atoms with van der Waals surface area (Å²) in [5, 5.41) is 2.02. The van der Waals surface area contributed by atoms with Crippen molar-refractivity contribution in [3.63, 3.8) is 0 Å². The largest absolute Gasteiger partial charge is 0.368 e. The highest BCUT2D eigenvalue weighted by Crippen LogP contribution is 2.25. The van der Waals surface area contributed by atoms with Gasteiger partial charge in [-0.2, -0.15) is 0 Å². The zero-order valence-corrected chi connectivity index (χ0v) is 18.1. The fourth-order valence-electron chi connectivity index (χ4n) is 3.95. The van der Waals surface area contributed by atoms with Crippen molar-refractivity contribution in [3.8, 4) is 11.3 Å². The molecular weight excluding hydrogens is 411 g/mol. The monoisotopic (exact) mass is 434 g/mol. The van der Waals surface area contributed by atoms with Crippen LogP contribution in [0.15, 0.2) is 60.1 Å². The second kappa shape index (κ2) is 8.15. The molecule has 5 nitrogen and oxygen atoms in total. The Morgan fingerprint density at radius 1 is 1.03 bits per heavy atom. The average molecular weight is 435 g/mol. The maximum absolute atomic E-state index is 13.2. The topological polar surface area (TPSA) is 40.9 Å². The van der Waals surface area contributed by atoms with Gasteiger partial charge in [0.1, 0.15) is 5.82 Å². The van der Waals surface area contributed by atoms with Gasteiger partial charge in [-0.05, 0) is 31.2 Å². The Kier molecular flexibility index (Phi) is 5.19. The highest BCUT2D eigenvalue weighted by molar-refractivity contribution is 7.15. The van der Waals surface area contributed by atoms with Gasteiger partial charge in [0.2, 0.25) is 5.91 Å². The highest BCUT2D eigenvalue weighted by atomic mass is 32.1. The summed E-state index contributed by atoms with van der Waals surface area (Å²) in [5.74, 6) is -0.103. The van der Waals surface area contributed by atoms with Crippen LogP contribution in [0.25, 0.3) is 16.2 Å². The van der Waals surface area contributed by atoms with Gasteiger partial charge in [0.05, 0.1) is 12.1 Å². The molecule has 7 heteroatoms. The van der Waals surface area contributed by atoms with Crippen LogP contribution in [-0.4, -0.2) is 46.4 Å². The van der Waals surface area contributed by atoms with E-state index in [1.54, 1.807) is 23.5 Å². The molecule has 0 bridgehead atoms. The van der Waals surface area contributed by atoms with E-state index in [1.807, 2.05) is 20.9 Å². The van der Waals surface area contributed by atoms with Gasteiger partial charge in [-0.25, -0.2) is 9.37 Å². The number of hydrogen-bond acceptors (Lipinski definition) is 4. The third kappa shape index (κ3) is 4.05. The molecule has 31 heavy (non-hydrogen) atoms. The first-order chi connectivity index (χ1) is 15.1. The van der Waals surface area contributed by atoms with E-state index in [9.17, 15) is 9.18 Å². The molecule has 3 heterocycles. The Morgan fingerprint density at radius 2 is 1.74 bits per heavy atom. The number of benzene rings is 2. The van der Waals surface area contributed by atoms with E-state index in [-0.39, 0.29) is 11.7 Å². The van der Waals surface area contributed by atoms with Crippen molar-refractivity contribution < 1.29 is 9.18 Å². The summed E-state index contributed by atoms with van der Waals surface area (Å²) in [7, 11) is 0. The SMILES string of the molecule is Cc1ccc(-c2cn3c(CC(=O)N4CCN(c5ccc(F)cc5)CC4)csc3n2)cc1. The van der Waals surface area contributed by atoms with E-state index >= 15 is 0 Å². The van der Waals surface area contributed by atoms with Crippen LogP contribution < -0.4 is 4.90 Å². The van der Waals surface area contributed by atoms with Crippen LogP contribution in [0.4, 0.5) is 10.1 Å². The number of piperazine rings is 1. The quantitative estimate of drug-likeness (QED) is 0.478. The molecule has 1 aliphatic heterocycles. The normalized spacial score (nSPS) is 14.4. The Morgan fingerprint density at radius 3 is 2.45 bits per heavy atom. The minimum Gasteiger partial charge on any atom is -0.368 e.